The highest BCUT2D eigenvalue weighted by Crippen LogP contribution is 2.36. The summed E-state index contributed by atoms with van der Waals surface area (Å²) in [6, 6.07) is 2.83. The molecule has 20 heavy (non-hydrogen) atoms. The van der Waals surface area contributed by atoms with Gasteiger partial charge in [0.15, 0.2) is 0 Å². The fourth-order valence-corrected chi connectivity index (χ4v) is 3.05. The van der Waals surface area contributed by atoms with Gasteiger partial charge in [-0.2, -0.15) is 0 Å². The first-order chi connectivity index (χ1) is 9.20. The van der Waals surface area contributed by atoms with E-state index in [0.29, 0.717) is 23.9 Å². The molecule has 0 spiro atoms. The fraction of sp³-hybridized carbons (Fsp3) is 0.500. The van der Waals surface area contributed by atoms with Crippen LogP contribution in [0.1, 0.15) is 34.8 Å². The third-order valence-electron chi connectivity index (χ3n) is 3.97. The van der Waals surface area contributed by atoms with Crippen molar-refractivity contribution in [1.29, 1.82) is 0 Å². The standard InChI is InChI=1S/C14H18ClNO3S/c1-8-5-12(20(15,18)19)6-13(10(8)3)14(17)16-7-11-4-9(11)2/h5-6,9,11H,4,7H2,1-3H3,(H,16,17). The predicted octanol–water partition coefficient (Wildman–Crippen LogP) is 2.62. The van der Waals surface area contributed by atoms with Gasteiger partial charge >= 0.3 is 0 Å². The van der Waals surface area contributed by atoms with Gasteiger partial charge in [-0.25, -0.2) is 8.42 Å². The monoisotopic (exact) mass is 315 g/mol. The van der Waals surface area contributed by atoms with Gasteiger partial charge < -0.3 is 5.32 Å². The molecule has 1 aromatic rings. The molecule has 0 aromatic heterocycles. The molecule has 0 saturated heterocycles. The van der Waals surface area contributed by atoms with Crippen LogP contribution in [-0.2, 0) is 9.05 Å². The molecule has 1 aromatic carbocycles. The van der Waals surface area contributed by atoms with Gasteiger partial charge in [0.1, 0.15) is 0 Å². The van der Waals surface area contributed by atoms with E-state index >= 15 is 0 Å². The molecule has 6 heteroatoms. The third-order valence-corrected chi connectivity index (χ3v) is 5.30. The number of carbonyl (C=O) groups is 1. The second-order valence-corrected chi connectivity index (χ2v) is 8.10. The van der Waals surface area contributed by atoms with Crippen molar-refractivity contribution in [3.8, 4) is 0 Å². The van der Waals surface area contributed by atoms with Crippen LogP contribution in [0, 0.1) is 25.7 Å². The van der Waals surface area contributed by atoms with Crippen LogP contribution in [0.2, 0.25) is 0 Å². The average molecular weight is 316 g/mol. The smallest absolute Gasteiger partial charge is 0.261 e. The Balaban J connectivity index is 2.25. The molecule has 2 rings (SSSR count). The molecule has 1 saturated carbocycles. The molecule has 1 amide bonds. The van der Waals surface area contributed by atoms with Crippen molar-refractivity contribution in [3.63, 3.8) is 0 Å². The maximum Gasteiger partial charge on any atom is 0.261 e. The Morgan fingerprint density at radius 2 is 2.00 bits per heavy atom. The molecule has 0 bridgehead atoms. The minimum atomic E-state index is -3.83. The summed E-state index contributed by atoms with van der Waals surface area (Å²) in [5.41, 5.74) is 1.88. The number of halogens is 1. The Morgan fingerprint density at radius 3 is 2.50 bits per heavy atom. The summed E-state index contributed by atoms with van der Waals surface area (Å²) < 4.78 is 22.8. The van der Waals surface area contributed by atoms with E-state index in [1.54, 1.807) is 13.8 Å². The first-order valence-corrected chi connectivity index (χ1v) is 8.85. The molecule has 1 N–H and O–H groups in total. The molecule has 0 heterocycles. The van der Waals surface area contributed by atoms with E-state index in [9.17, 15) is 13.2 Å². The molecular formula is C14H18ClNO3S. The van der Waals surface area contributed by atoms with Crippen molar-refractivity contribution in [1.82, 2.24) is 5.32 Å². The Morgan fingerprint density at radius 1 is 1.40 bits per heavy atom. The number of amides is 1. The van der Waals surface area contributed by atoms with E-state index in [0.717, 1.165) is 17.5 Å². The molecule has 4 nitrogen and oxygen atoms in total. The van der Waals surface area contributed by atoms with Crippen molar-refractivity contribution < 1.29 is 13.2 Å². The number of benzene rings is 1. The lowest BCUT2D eigenvalue weighted by Crippen LogP contribution is -2.27. The second kappa shape index (κ2) is 5.37. The predicted molar refractivity (Wildman–Crippen MR) is 78.6 cm³/mol. The normalized spacial score (nSPS) is 21.6. The number of rotatable bonds is 4. The molecule has 1 aliphatic carbocycles. The van der Waals surface area contributed by atoms with E-state index in [1.807, 2.05) is 0 Å². The molecule has 1 aliphatic rings. The van der Waals surface area contributed by atoms with E-state index in [-0.39, 0.29) is 10.8 Å². The maximum absolute atomic E-state index is 12.2. The summed E-state index contributed by atoms with van der Waals surface area (Å²) in [5.74, 6) is 0.958. The lowest BCUT2D eigenvalue weighted by Gasteiger charge is -2.11. The van der Waals surface area contributed by atoms with Crippen LogP contribution < -0.4 is 5.32 Å². The second-order valence-electron chi connectivity index (χ2n) is 5.53. The summed E-state index contributed by atoms with van der Waals surface area (Å²) >= 11 is 0. The number of carbonyl (C=O) groups excluding carboxylic acids is 1. The van der Waals surface area contributed by atoms with Crippen LogP contribution in [-0.4, -0.2) is 20.9 Å². The molecular weight excluding hydrogens is 298 g/mol. The molecule has 2 atom stereocenters. The molecule has 0 aliphatic heterocycles. The van der Waals surface area contributed by atoms with Gasteiger partial charge in [0, 0.05) is 22.8 Å². The third kappa shape index (κ3) is 3.33. The van der Waals surface area contributed by atoms with Crippen LogP contribution in [0.15, 0.2) is 17.0 Å². The van der Waals surface area contributed by atoms with Crippen molar-refractivity contribution >= 4 is 25.6 Å². The number of nitrogens with one attached hydrogen (secondary N) is 1. The number of aryl methyl sites for hydroxylation is 1. The van der Waals surface area contributed by atoms with Crippen LogP contribution in [0.25, 0.3) is 0 Å². The number of hydrogen-bond acceptors (Lipinski definition) is 3. The molecule has 0 radical (unpaired) electrons. The number of hydrogen-bond donors (Lipinski definition) is 1. The van der Waals surface area contributed by atoms with E-state index in [4.69, 9.17) is 10.7 Å². The Hall–Kier alpha value is -1.07. The largest absolute Gasteiger partial charge is 0.352 e. The highest BCUT2D eigenvalue weighted by atomic mass is 35.7. The average Bonchev–Trinajstić information content (AvgIpc) is 3.04. The summed E-state index contributed by atoms with van der Waals surface area (Å²) in [4.78, 5) is 12.2. The van der Waals surface area contributed by atoms with Gasteiger partial charge in [0.25, 0.3) is 15.0 Å². The van der Waals surface area contributed by atoms with Gasteiger partial charge in [-0.15, -0.1) is 0 Å². The molecule has 110 valence electrons. The maximum atomic E-state index is 12.2. The Bertz CT molecular complexity index is 655. The van der Waals surface area contributed by atoms with E-state index in [2.05, 4.69) is 12.2 Å². The van der Waals surface area contributed by atoms with Crippen LogP contribution in [0.3, 0.4) is 0 Å². The van der Waals surface area contributed by atoms with Crippen molar-refractivity contribution in [2.24, 2.45) is 11.8 Å². The first kappa shape index (κ1) is 15.3. The van der Waals surface area contributed by atoms with Crippen molar-refractivity contribution in [2.45, 2.75) is 32.1 Å². The van der Waals surface area contributed by atoms with E-state index in [1.165, 1.54) is 12.1 Å². The van der Waals surface area contributed by atoms with E-state index < -0.39 is 9.05 Å². The van der Waals surface area contributed by atoms with Crippen LogP contribution in [0.5, 0.6) is 0 Å². The van der Waals surface area contributed by atoms with Gasteiger partial charge in [0.05, 0.1) is 4.90 Å². The minimum absolute atomic E-state index is 0.0350. The van der Waals surface area contributed by atoms with Crippen LogP contribution in [0.4, 0.5) is 0 Å². The van der Waals surface area contributed by atoms with Gasteiger partial charge in [-0.05, 0) is 55.4 Å². The van der Waals surface area contributed by atoms with Gasteiger partial charge in [-0.1, -0.05) is 6.92 Å². The Kier molecular flexibility index (Phi) is 4.12. The lowest BCUT2D eigenvalue weighted by molar-refractivity contribution is 0.0950. The topological polar surface area (TPSA) is 63.2 Å². The van der Waals surface area contributed by atoms with Gasteiger partial charge in [0.2, 0.25) is 0 Å². The highest BCUT2D eigenvalue weighted by molar-refractivity contribution is 8.13. The highest BCUT2D eigenvalue weighted by Gasteiger charge is 2.32. The summed E-state index contributed by atoms with van der Waals surface area (Å²) in [6.07, 6.45) is 1.13. The fourth-order valence-electron chi connectivity index (χ4n) is 2.21. The Labute approximate surface area is 123 Å². The summed E-state index contributed by atoms with van der Waals surface area (Å²) in [6.45, 7) is 6.35. The minimum Gasteiger partial charge on any atom is -0.352 e. The van der Waals surface area contributed by atoms with Crippen molar-refractivity contribution in [3.05, 3.63) is 28.8 Å². The first-order valence-electron chi connectivity index (χ1n) is 6.54. The lowest BCUT2D eigenvalue weighted by atomic mass is 10.0. The van der Waals surface area contributed by atoms with Crippen molar-refractivity contribution in [2.75, 3.05) is 6.54 Å². The zero-order valence-corrected chi connectivity index (χ0v) is 13.3. The SMILES string of the molecule is Cc1cc(S(=O)(=O)Cl)cc(C(=O)NCC2CC2C)c1C. The zero-order valence-electron chi connectivity index (χ0n) is 11.7. The zero-order chi connectivity index (χ0) is 15.1. The van der Waals surface area contributed by atoms with Crippen LogP contribution >= 0.6 is 10.7 Å². The van der Waals surface area contributed by atoms with Gasteiger partial charge in [-0.3, -0.25) is 4.79 Å². The molecule has 1 fully saturated rings. The summed E-state index contributed by atoms with van der Waals surface area (Å²) in [5, 5.41) is 2.86. The summed E-state index contributed by atoms with van der Waals surface area (Å²) in [7, 11) is 1.52. The molecule has 2 unspecified atom stereocenters. The quantitative estimate of drug-likeness (QED) is 0.869.